The lowest BCUT2D eigenvalue weighted by Gasteiger charge is -2.31. The summed E-state index contributed by atoms with van der Waals surface area (Å²) in [7, 11) is 1.67. The van der Waals surface area contributed by atoms with Crippen molar-refractivity contribution in [3.63, 3.8) is 0 Å². The fourth-order valence-corrected chi connectivity index (χ4v) is 2.52. The van der Waals surface area contributed by atoms with Crippen LogP contribution in [0.2, 0.25) is 0 Å². The number of piperidine rings is 1. The van der Waals surface area contributed by atoms with Crippen molar-refractivity contribution in [2.24, 2.45) is 5.92 Å². The average molecular weight is 234 g/mol. The van der Waals surface area contributed by atoms with Crippen molar-refractivity contribution in [3.8, 4) is 5.75 Å². The predicted octanol–water partition coefficient (Wildman–Crippen LogP) is 2.51. The molecule has 2 N–H and O–H groups in total. The Kier molecular flexibility index (Phi) is 3.89. The number of likely N-dealkylation sites (tertiary alicyclic amines) is 1. The second kappa shape index (κ2) is 5.41. The van der Waals surface area contributed by atoms with E-state index in [2.05, 4.69) is 17.9 Å². The lowest BCUT2D eigenvalue weighted by molar-refractivity contribution is 0.177. The van der Waals surface area contributed by atoms with E-state index in [9.17, 15) is 0 Å². The van der Waals surface area contributed by atoms with Gasteiger partial charge >= 0.3 is 0 Å². The van der Waals surface area contributed by atoms with E-state index in [4.69, 9.17) is 10.5 Å². The van der Waals surface area contributed by atoms with E-state index >= 15 is 0 Å². The summed E-state index contributed by atoms with van der Waals surface area (Å²) in [6.45, 7) is 5.66. The lowest BCUT2D eigenvalue weighted by atomic mass is 9.99. The minimum Gasteiger partial charge on any atom is -0.497 e. The van der Waals surface area contributed by atoms with Crippen LogP contribution in [0, 0.1) is 5.92 Å². The van der Waals surface area contributed by atoms with Crippen molar-refractivity contribution < 1.29 is 4.74 Å². The van der Waals surface area contributed by atoms with E-state index in [0.717, 1.165) is 23.9 Å². The number of methoxy groups -OCH3 is 1. The summed E-state index contributed by atoms with van der Waals surface area (Å²) in [6, 6.07) is 5.97. The van der Waals surface area contributed by atoms with Gasteiger partial charge in [0, 0.05) is 24.8 Å². The van der Waals surface area contributed by atoms with Gasteiger partial charge in [0.15, 0.2) is 0 Å². The lowest BCUT2D eigenvalue weighted by Crippen LogP contribution is -2.33. The van der Waals surface area contributed by atoms with Gasteiger partial charge in [-0.25, -0.2) is 0 Å². The first-order valence-electron chi connectivity index (χ1n) is 6.34. The summed E-state index contributed by atoms with van der Waals surface area (Å²) in [5.41, 5.74) is 8.09. The number of anilines is 1. The smallest absolute Gasteiger partial charge is 0.120 e. The second-order valence-electron chi connectivity index (χ2n) is 5.05. The highest BCUT2D eigenvalue weighted by Crippen LogP contribution is 2.23. The number of hydrogen-bond donors (Lipinski definition) is 1. The zero-order chi connectivity index (χ0) is 12.3. The summed E-state index contributed by atoms with van der Waals surface area (Å²) in [6.07, 6.45) is 2.66. The highest BCUT2D eigenvalue weighted by molar-refractivity contribution is 5.51. The van der Waals surface area contributed by atoms with E-state index in [0.29, 0.717) is 0 Å². The molecule has 1 aliphatic heterocycles. The minimum atomic E-state index is 0.809. The first-order chi connectivity index (χ1) is 8.19. The number of nitrogen functional groups attached to an aromatic ring is 1. The molecule has 94 valence electrons. The molecule has 1 aliphatic rings. The number of benzene rings is 1. The molecule has 1 aromatic rings. The van der Waals surface area contributed by atoms with Crippen LogP contribution in [0.3, 0.4) is 0 Å². The molecule has 0 aliphatic carbocycles. The fourth-order valence-electron chi connectivity index (χ4n) is 2.52. The van der Waals surface area contributed by atoms with E-state index in [1.807, 2.05) is 12.1 Å². The largest absolute Gasteiger partial charge is 0.497 e. The van der Waals surface area contributed by atoms with Crippen LogP contribution in [0.4, 0.5) is 5.69 Å². The van der Waals surface area contributed by atoms with Crippen molar-refractivity contribution >= 4 is 5.69 Å². The number of hydrogen-bond acceptors (Lipinski definition) is 3. The van der Waals surface area contributed by atoms with Crippen molar-refractivity contribution in [3.05, 3.63) is 23.8 Å². The Hall–Kier alpha value is -1.22. The van der Waals surface area contributed by atoms with Gasteiger partial charge in [-0.1, -0.05) is 13.0 Å². The summed E-state index contributed by atoms with van der Waals surface area (Å²) in [5.74, 6) is 1.64. The molecule has 0 saturated carbocycles. The Labute approximate surface area is 104 Å². The van der Waals surface area contributed by atoms with Crippen LogP contribution in [0.1, 0.15) is 25.3 Å². The molecular weight excluding hydrogens is 212 g/mol. The molecule has 17 heavy (non-hydrogen) atoms. The van der Waals surface area contributed by atoms with Gasteiger partial charge in [0.25, 0.3) is 0 Å². The molecule has 0 radical (unpaired) electrons. The van der Waals surface area contributed by atoms with Crippen molar-refractivity contribution in [2.45, 2.75) is 26.3 Å². The predicted molar refractivity (Wildman–Crippen MR) is 71.1 cm³/mol. The Bertz CT molecular complexity index is 378. The Morgan fingerprint density at radius 3 is 2.94 bits per heavy atom. The monoisotopic (exact) mass is 234 g/mol. The highest BCUT2D eigenvalue weighted by Gasteiger charge is 2.17. The molecule has 1 atom stereocenters. The standard InChI is InChI=1S/C14H22N2O/c1-11-4-3-7-16(9-11)10-12-5-6-13(17-2)8-14(12)15/h5-6,8,11H,3-4,7,9-10,15H2,1-2H3. The average Bonchev–Trinajstić information content (AvgIpc) is 2.32. The molecule has 0 bridgehead atoms. The zero-order valence-electron chi connectivity index (χ0n) is 10.8. The molecule has 0 aromatic heterocycles. The molecule has 2 rings (SSSR count). The fraction of sp³-hybridized carbons (Fsp3) is 0.571. The number of nitrogens with zero attached hydrogens (tertiary/aromatic N) is 1. The van der Waals surface area contributed by atoms with Gasteiger partial charge in [0.1, 0.15) is 5.75 Å². The topological polar surface area (TPSA) is 38.5 Å². The van der Waals surface area contributed by atoms with Crippen LogP contribution in [0.15, 0.2) is 18.2 Å². The van der Waals surface area contributed by atoms with Crippen LogP contribution in [-0.4, -0.2) is 25.1 Å². The van der Waals surface area contributed by atoms with Crippen molar-refractivity contribution in [2.75, 3.05) is 25.9 Å². The van der Waals surface area contributed by atoms with E-state index in [-0.39, 0.29) is 0 Å². The number of ether oxygens (including phenoxy) is 1. The molecule has 3 heteroatoms. The molecule has 0 amide bonds. The van der Waals surface area contributed by atoms with Crippen LogP contribution < -0.4 is 10.5 Å². The third-order valence-electron chi connectivity index (χ3n) is 3.49. The van der Waals surface area contributed by atoms with Crippen LogP contribution in [0.5, 0.6) is 5.75 Å². The molecule has 1 saturated heterocycles. The van der Waals surface area contributed by atoms with E-state index in [1.165, 1.54) is 31.5 Å². The first-order valence-corrected chi connectivity index (χ1v) is 6.34. The molecule has 1 heterocycles. The molecule has 1 aromatic carbocycles. The zero-order valence-corrected chi connectivity index (χ0v) is 10.8. The quantitative estimate of drug-likeness (QED) is 0.817. The maximum absolute atomic E-state index is 6.04. The van der Waals surface area contributed by atoms with Crippen molar-refractivity contribution in [1.82, 2.24) is 4.90 Å². The minimum absolute atomic E-state index is 0.809. The van der Waals surface area contributed by atoms with Gasteiger partial charge in [0.2, 0.25) is 0 Å². The summed E-state index contributed by atoms with van der Waals surface area (Å²) >= 11 is 0. The number of rotatable bonds is 3. The first kappa shape index (κ1) is 12.2. The van der Waals surface area contributed by atoms with Crippen molar-refractivity contribution in [1.29, 1.82) is 0 Å². The molecule has 1 fully saturated rings. The van der Waals surface area contributed by atoms with E-state index < -0.39 is 0 Å². The third kappa shape index (κ3) is 3.13. The Morgan fingerprint density at radius 1 is 1.47 bits per heavy atom. The van der Waals surface area contributed by atoms with Crippen LogP contribution in [0.25, 0.3) is 0 Å². The van der Waals surface area contributed by atoms with Crippen LogP contribution in [-0.2, 0) is 6.54 Å². The molecule has 0 spiro atoms. The summed E-state index contributed by atoms with van der Waals surface area (Å²) < 4.78 is 5.16. The third-order valence-corrected chi connectivity index (χ3v) is 3.49. The highest BCUT2D eigenvalue weighted by atomic mass is 16.5. The Balaban J connectivity index is 2.02. The van der Waals surface area contributed by atoms with E-state index in [1.54, 1.807) is 7.11 Å². The van der Waals surface area contributed by atoms with Gasteiger partial charge in [-0.2, -0.15) is 0 Å². The maximum Gasteiger partial charge on any atom is 0.120 e. The van der Waals surface area contributed by atoms with Gasteiger partial charge < -0.3 is 10.5 Å². The normalized spacial score (nSPS) is 21.4. The summed E-state index contributed by atoms with van der Waals surface area (Å²) in [5, 5.41) is 0. The maximum atomic E-state index is 6.04. The second-order valence-corrected chi connectivity index (χ2v) is 5.05. The molecule has 1 unspecified atom stereocenters. The SMILES string of the molecule is COc1ccc(CN2CCCC(C)C2)c(N)c1. The Morgan fingerprint density at radius 2 is 2.29 bits per heavy atom. The van der Waals surface area contributed by atoms with Gasteiger partial charge in [-0.15, -0.1) is 0 Å². The van der Waals surface area contributed by atoms with Gasteiger partial charge in [0.05, 0.1) is 7.11 Å². The van der Waals surface area contributed by atoms with Gasteiger partial charge in [-0.05, 0) is 36.9 Å². The van der Waals surface area contributed by atoms with Crippen LogP contribution >= 0.6 is 0 Å². The summed E-state index contributed by atoms with van der Waals surface area (Å²) in [4.78, 5) is 2.49. The number of nitrogens with two attached hydrogens (primary N) is 1. The van der Waals surface area contributed by atoms with Gasteiger partial charge in [-0.3, -0.25) is 4.90 Å². The molecule has 3 nitrogen and oxygen atoms in total. The molecular formula is C14H22N2O.